The molecule has 1 N–H and O–H groups in total. The maximum atomic E-state index is 12.5. The van der Waals surface area contributed by atoms with Crippen molar-refractivity contribution < 1.29 is 0 Å². The van der Waals surface area contributed by atoms with E-state index in [1.165, 1.54) is 6.21 Å². The van der Waals surface area contributed by atoms with Gasteiger partial charge in [-0.15, -0.1) is 4.68 Å². The Morgan fingerprint density at radius 2 is 1.73 bits per heavy atom. The van der Waals surface area contributed by atoms with Crippen LogP contribution in [0.15, 0.2) is 81.6 Å². The van der Waals surface area contributed by atoms with Crippen LogP contribution in [0.25, 0.3) is 16.6 Å². The van der Waals surface area contributed by atoms with Gasteiger partial charge in [-0.05, 0) is 42.8 Å². The van der Waals surface area contributed by atoms with Crippen LogP contribution in [0.4, 0.5) is 0 Å². The van der Waals surface area contributed by atoms with Gasteiger partial charge in [0.2, 0.25) is 0 Å². The molecule has 0 aliphatic carbocycles. The Bertz CT molecular complexity index is 1240. The normalized spacial score (nSPS) is 11.4. The minimum Gasteiger partial charge on any atom is -0.315 e. The van der Waals surface area contributed by atoms with Gasteiger partial charge in [-0.25, -0.2) is 4.79 Å². The van der Waals surface area contributed by atoms with Gasteiger partial charge in [-0.2, -0.15) is 5.10 Å². The van der Waals surface area contributed by atoms with Gasteiger partial charge in [-0.1, -0.05) is 30.3 Å². The summed E-state index contributed by atoms with van der Waals surface area (Å²) in [5, 5.41) is 4.54. The van der Waals surface area contributed by atoms with E-state index >= 15 is 0 Å². The molecule has 4 aromatic rings. The van der Waals surface area contributed by atoms with Crippen LogP contribution in [0, 0.1) is 6.92 Å². The van der Waals surface area contributed by atoms with Gasteiger partial charge in [0, 0.05) is 11.9 Å². The molecule has 4 rings (SSSR count). The molecule has 26 heavy (non-hydrogen) atoms. The Balaban J connectivity index is 1.81. The van der Waals surface area contributed by atoms with E-state index in [-0.39, 0.29) is 0 Å². The number of H-pyrrole nitrogens is 1. The molecule has 6 heteroatoms. The van der Waals surface area contributed by atoms with E-state index in [0.717, 1.165) is 21.6 Å². The Hall–Kier alpha value is -3.67. The molecule has 0 radical (unpaired) electrons. The van der Waals surface area contributed by atoms with Crippen LogP contribution in [0.2, 0.25) is 0 Å². The molecule has 6 nitrogen and oxygen atoms in total. The molecule has 128 valence electrons. The van der Waals surface area contributed by atoms with Gasteiger partial charge in [0.1, 0.15) is 0 Å². The summed E-state index contributed by atoms with van der Waals surface area (Å²) < 4.78 is 2.80. The van der Waals surface area contributed by atoms with Gasteiger partial charge in [0.05, 0.1) is 22.8 Å². The highest BCUT2D eigenvalue weighted by Crippen LogP contribution is 2.15. The highest BCUT2D eigenvalue weighted by molar-refractivity contribution is 5.79. The minimum absolute atomic E-state index is 0.415. The molecular formula is C20H16N4O2. The third kappa shape index (κ3) is 2.67. The maximum absolute atomic E-state index is 12.5. The molecule has 0 unspecified atom stereocenters. The summed E-state index contributed by atoms with van der Waals surface area (Å²) in [5.41, 5.74) is 2.36. The third-order valence-electron chi connectivity index (χ3n) is 4.24. The zero-order valence-corrected chi connectivity index (χ0v) is 14.1. The Kier molecular flexibility index (Phi) is 3.85. The molecule has 2 heterocycles. The van der Waals surface area contributed by atoms with Crippen molar-refractivity contribution in [2.45, 2.75) is 6.92 Å². The first-order valence-electron chi connectivity index (χ1n) is 8.17. The number of hydrogen-bond donors (Lipinski definition) is 1. The highest BCUT2D eigenvalue weighted by atomic mass is 16.2. The molecule has 0 amide bonds. The van der Waals surface area contributed by atoms with E-state index in [4.69, 9.17) is 0 Å². The molecule has 0 spiro atoms. The van der Waals surface area contributed by atoms with Gasteiger partial charge in [0.15, 0.2) is 0 Å². The van der Waals surface area contributed by atoms with Crippen LogP contribution in [-0.4, -0.2) is 20.4 Å². The van der Waals surface area contributed by atoms with E-state index in [9.17, 15) is 9.59 Å². The number of fused-ring (bicyclic) bond motifs is 1. The van der Waals surface area contributed by atoms with Gasteiger partial charge in [-0.3, -0.25) is 4.79 Å². The molecule has 2 aromatic heterocycles. The van der Waals surface area contributed by atoms with Crippen LogP contribution in [0.1, 0.15) is 11.3 Å². The van der Waals surface area contributed by atoms with Crippen molar-refractivity contribution in [1.82, 2.24) is 14.2 Å². The fourth-order valence-electron chi connectivity index (χ4n) is 2.93. The lowest BCUT2D eigenvalue weighted by Gasteiger charge is -2.09. The first-order chi connectivity index (χ1) is 12.6. The second kappa shape index (κ2) is 6.33. The van der Waals surface area contributed by atoms with E-state index in [1.54, 1.807) is 24.3 Å². The fraction of sp³-hybridized carbons (Fsp3) is 0.0500. The summed E-state index contributed by atoms with van der Waals surface area (Å²) in [7, 11) is 0. The molecule has 0 fully saturated rings. The van der Waals surface area contributed by atoms with Crippen molar-refractivity contribution in [1.29, 1.82) is 0 Å². The number of nitrogens with zero attached hydrogens (tertiary/aromatic N) is 3. The van der Waals surface area contributed by atoms with Crippen LogP contribution in [0.3, 0.4) is 0 Å². The topological polar surface area (TPSA) is 72.2 Å². The van der Waals surface area contributed by atoms with Crippen molar-refractivity contribution in [3.05, 3.63) is 99.0 Å². The van der Waals surface area contributed by atoms with E-state index in [2.05, 4.69) is 10.1 Å². The summed E-state index contributed by atoms with van der Waals surface area (Å²) in [6.45, 7) is 2.02. The smallest absolute Gasteiger partial charge is 0.315 e. The number of aromatic nitrogens is 3. The molecule has 0 aliphatic heterocycles. The molecule has 0 aliphatic rings. The number of nitrogens with one attached hydrogen (secondary N) is 1. The zero-order chi connectivity index (χ0) is 18.1. The number of para-hydroxylation sites is 2. The highest BCUT2D eigenvalue weighted by Gasteiger charge is 2.07. The molecule has 0 saturated heterocycles. The number of aromatic amines is 1. The number of benzene rings is 2. The predicted molar refractivity (Wildman–Crippen MR) is 102 cm³/mol. The standard InChI is InChI=1S/C20H16N4O2/c1-14-7-2-5-11-18(14)23-12-6-8-15(23)13-21-24-19(25)16-9-3-4-10-17(16)22-20(24)26/h2-13H,1H3,(H,22,26). The van der Waals surface area contributed by atoms with Crippen molar-refractivity contribution in [2.24, 2.45) is 5.10 Å². The molecule has 0 bridgehead atoms. The lowest BCUT2D eigenvalue weighted by molar-refractivity contribution is 0.770. The SMILES string of the molecule is Cc1ccccc1-n1cccc1C=Nn1c(=O)[nH]c2ccccc2c1=O. The van der Waals surface area contributed by atoms with Crippen molar-refractivity contribution in [3.8, 4) is 5.69 Å². The molecule has 2 aromatic carbocycles. The van der Waals surface area contributed by atoms with Gasteiger partial charge >= 0.3 is 5.69 Å². The van der Waals surface area contributed by atoms with E-state index < -0.39 is 11.2 Å². The van der Waals surface area contributed by atoms with Crippen molar-refractivity contribution >= 4 is 17.1 Å². The predicted octanol–water partition coefficient (Wildman–Crippen LogP) is 2.67. The summed E-state index contributed by atoms with van der Waals surface area (Å²) in [5.74, 6) is 0. The lowest BCUT2D eigenvalue weighted by Crippen LogP contribution is -2.32. The lowest BCUT2D eigenvalue weighted by atomic mass is 10.2. The maximum Gasteiger partial charge on any atom is 0.349 e. The molecule has 0 atom stereocenters. The number of aryl methyl sites for hydroxylation is 1. The largest absolute Gasteiger partial charge is 0.349 e. The Labute approximate surface area is 148 Å². The summed E-state index contributed by atoms with van der Waals surface area (Å²) in [4.78, 5) is 27.4. The Morgan fingerprint density at radius 3 is 2.58 bits per heavy atom. The van der Waals surface area contributed by atoms with Crippen molar-refractivity contribution in [2.75, 3.05) is 0 Å². The van der Waals surface area contributed by atoms with Gasteiger partial charge in [0.25, 0.3) is 5.56 Å². The summed E-state index contributed by atoms with van der Waals surface area (Å²) in [6.07, 6.45) is 3.43. The van der Waals surface area contributed by atoms with Crippen LogP contribution >= 0.6 is 0 Å². The Morgan fingerprint density at radius 1 is 0.962 bits per heavy atom. The van der Waals surface area contributed by atoms with Crippen LogP contribution < -0.4 is 11.2 Å². The fourth-order valence-corrected chi connectivity index (χ4v) is 2.93. The first-order valence-corrected chi connectivity index (χ1v) is 8.17. The minimum atomic E-state index is -0.570. The first kappa shape index (κ1) is 15.8. The van der Waals surface area contributed by atoms with Crippen molar-refractivity contribution in [3.63, 3.8) is 0 Å². The zero-order valence-electron chi connectivity index (χ0n) is 14.1. The monoisotopic (exact) mass is 344 g/mol. The average Bonchev–Trinajstić information content (AvgIpc) is 3.10. The quantitative estimate of drug-likeness (QED) is 0.580. The third-order valence-corrected chi connectivity index (χ3v) is 4.24. The second-order valence-corrected chi connectivity index (χ2v) is 5.93. The molecule has 0 saturated carbocycles. The van der Waals surface area contributed by atoms with Crippen LogP contribution in [0.5, 0.6) is 0 Å². The van der Waals surface area contributed by atoms with E-state index in [0.29, 0.717) is 10.9 Å². The second-order valence-electron chi connectivity index (χ2n) is 5.93. The number of rotatable bonds is 3. The van der Waals surface area contributed by atoms with E-state index in [1.807, 2.05) is 54.1 Å². The summed E-state index contributed by atoms with van der Waals surface area (Å²) in [6, 6.07) is 18.6. The van der Waals surface area contributed by atoms with Gasteiger partial charge < -0.3 is 9.55 Å². The van der Waals surface area contributed by atoms with Crippen LogP contribution in [-0.2, 0) is 0 Å². The molecular weight excluding hydrogens is 328 g/mol. The average molecular weight is 344 g/mol. The number of hydrogen-bond acceptors (Lipinski definition) is 3. The summed E-state index contributed by atoms with van der Waals surface area (Å²) >= 11 is 0.